The zero-order valence-corrected chi connectivity index (χ0v) is 21.0. The Hall–Kier alpha value is -3.44. The van der Waals surface area contributed by atoms with Crippen molar-refractivity contribution in [3.05, 3.63) is 41.6 Å². The van der Waals surface area contributed by atoms with Gasteiger partial charge in [0.15, 0.2) is 11.4 Å². The summed E-state index contributed by atoms with van der Waals surface area (Å²) < 4.78 is 28.1. The molecule has 2 N–H and O–H groups in total. The van der Waals surface area contributed by atoms with Gasteiger partial charge < -0.3 is 29.4 Å². The Bertz CT molecular complexity index is 1420. The third-order valence-electron chi connectivity index (χ3n) is 6.03. The summed E-state index contributed by atoms with van der Waals surface area (Å²) in [5, 5.41) is 6.81. The number of nitrogens with one attached hydrogen (secondary N) is 2. The summed E-state index contributed by atoms with van der Waals surface area (Å²) in [4.78, 5) is 24.5. The Morgan fingerprint density at radius 3 is 2.60 bits per heavy atom. The zero-order valence-electron chi connectivity index (χ0n) is 20.2. The first kappa shape index (κ1) is 23.3. The number of thiazole rings is 1. The minimum absolute atomic E-state index is 0.0797. The lowest BCUT2D eigenvalue weighted by atomic mass is 10.1. The Balaban J connectivity index is 1.55. The van der Waals surface area contributed by atoms with Crippen LogP contribution in [0.15, 0.2) is 24.5 Å². The second-order valence-corrected chi connectivity index (χ2v) is 9.79. The summed E-state index contributed by atoms with van der Waals surface area (Å²) in [6.07, 6.45) is 3.27. The summed E-state index contributed by atoms with van der Waals surface area (Å²) in [6.45, 7) is 7.75. The number of pyridine rings is 1. The molecule has 5 rings (SSSR count). The molecule has 184 valence electrons. The summed E-state index contributed by atoms with van der Waals surface area (Å²) in [5.74, 6) is -1.15. The number of piperazine rings is 1. The summed E-state index contributed by atoms with van der Waals surface area (Å²) >= 11 is 1.40. The van der Waals surface area contributed by atoms with Crippen molar-refractivity contribution in [2.24, 2.45) is 0 Å². The zero-order chi connectivity index (χ0) is 24.9. The number of fused-ring (bicyclic) bond motifs is 2. The number of methoxy groups -OCH3 is 2. The fourth-order valence-electron chi connectivity index (χ4n) is 4.69. The number of hydrogen-bond donors (Lipinski definition) is 2. The smallest absolute Gasteiger partial charge is 0.274 e. The molecule has 35 heavy (non-hydrogen) atoms. The van der Waals surface area contributed by atoms with Crippen LogP contribution in [-0.4, -0.2) is 59.7 Å². The standard InChI is InChI=1S/C24H27FN6O3S/c1-12-8-30(9-13(2)26-12)17-7-6-15(19-21(17)35-24(29-19)34-5)23(32)28-16-11-31-10-14(3)27-22(31)18(25)20(16)33-4/h6-7,10-13,26H,8-9H2,1-5H3,(H,28,32)/t12-,13-/m0/s1. The van der Waals surface area contributed by atoms with Gasteiger partial charge in [0.2, 0.25) is 5.82 Å². The number of halogens is 1. The van der Waals surface area contributed by atoms with Gasteiger partial charge in [-0.25, -0.2) is 9.97 Å². The van der Waals surface area contributed by atoms with Crippen molar-refractivity contribution in [1.29, 1.82) is 0 Å². The molecule has 0 aliphatic carbocycles. The monoisotopic (exact) mass is 498 g/mol. The number of rotatable bonds is 5. The SMILES string of the molecule is COc1nc2c(C(=O)Nc3cn4cc(C)nc4c(F)c3OC)ccc(N3C[C@H](C)N[C@@H](C)C3)c2s1. The van der Waals surface area contributed by atoms with Gasteiger partial charge in [0.05, 0.1) is 35.9 Å². The lowest BCUT2D eigenvalue weighted by molar-refractivity contribution is 0.102. The molecule has 0 saturated carbocycles. The Labute approximate surface area is 205 Å². The van der Waals surface area contributed by atoms with Gasteiger partial charge in [-0.05, 0) is 32.9 Å². The van der Waals surface area contributed by atoms with Crippen LogP contribution in [0.3, 0.4) is 0 Å². The van der Waals surface area contributed by atoms with E-state index in [0.29, 0.717) is 34.1 Å². The van der Waals surface area contributed by atoms with E-state index in [-0.39, 0.29) is 17.1 Å². The van der Waals surface area contributed by atoms with Crippen LogP contribution in [-0.2, 0) is 0 Å². The van der Waals surface area contributed by atoms with Crippen molar-refractivity contribution in [2.75, 3.05) is 37.5 Å². The first-order valence-electron chi connectivity index (χ1n) is 11.3. The summed E-state index contributed by atoms with van der Waals surface area (Å²) in [6, 6.07) is 4.36. The number of carbonyl (C=O) groups excluding carboxylic acids is 1. The van der Waals surface area contributed by atoms with Gasteiger partial charge >= 0.3 is 0 Å². The molecule has 1 amide bonds. The van der Waals surface area contributed by atoms with Gasteiger partial charge in [0, 0.05) is 37.6 Å². The van der Waals surface area contributed by atoms with Crippen molar-refractivity contribution >= 4 is 44.5 Å². The second-order valence-electron chi connectivity index (χ2n) is 8.82. The van der Waals surface area contributed by atoms with E-state index in [0.717, 1.165) is 23.5 Å². The van der Waals surface area contributed by atoms with E-state index in [1.54, 1.807) is 32.5 Å². The number of aromatic nitrogens is 3. The van der Waals surface area contributed by atoms with Crippen LogP contribution < -0.4 is 25.0 Å². The topological polar surface area (TPSA) is 93.0 Å². The quantitative estimate of drug-likeness (QED) is 0.432. The largest absolute Gasteiger partial charge is 0.491 e. The van der Waals surface area contributed by atoms with E-state index in [9.17, 15) is 4.79 Å². The molecule has 0 bridgehead atoms. The number of imidazole rings is 1. The fourth-order valence-corrected chi connectivity index (χ4v) is 5.64. The van der Waals surface area contributed by atoms with Crippen LogP contribution >= 0.6 is 11.3 Å². The normalized spacial score (nSPS) is 18.3. The van der Waals surface area contributed by atoms with E-state index in [2.05, 4.69) is 39.3 Å². The molecule has 0 spiro atoms. The first-order chi connectivity index (χ1) is 16.8. The lowest BCUT2D eigenvalue weighted by Gasteiger charge is -2.37. The van der Waals surface area contributed by atoms with Crippen LogP contribution in [0.5, 0.6) is 10.9 Å². The molecule has 1 aliphatic heterocycles. The number of carbonyl (C=O) groups is 1. The number of amides is 1. The van der Waals surface area contributed by atoms with Gasteiger partial charge in [-0.3, -0.25) is 4.79 Å². The Morgan fingerprint density at radius 1 is 1.17 bits per heavy atom. The molecule has 9 nitrogen and oxygen atoms in total. The third-order valence-corrected chi connectivity index (χ3v) is 7.07. The van der Waals surface area contributed by atoms with Gasteiger partial charge in [-0.2, -0.15) is 4.39 Å². The van der Waals surface area contributed by atoms with Crippen molar-refractivity contribution in [1.82, 2.24) is 19.7 Å². The molecule has 0 unspecified atom stereocenters. The molecule has 4 aromatic rings. The average molecular weight is 499 g/mol. The maximum absolute atomic E-state index is 15.0. The van der Waals surface area contributed by atoms with Crippen molar-refractivity contribution in [3.8, 4) is 10.9 Å². The molecule has 1 saturated heterocycles. The van der Waals surface area contributed by atoms with E-state index < -0.39 is 11.7 Å². The highest BCUT2D eigenvalue weighted by Crippen LogP contribution is 2.39. The molecular formula is C24H27FN6O3S. The average Bonchev–Trinajstić information content (AvgIpc) is 3.41. The van der Waals surface area contributed by atoms with Gasteiger partial charge in [-0.15, -0.1) is 0 Å². The molecule has 1 aliphatic rings. The van der Waals surface area contributed by atoms with E-state index in [4.69, 9.17) is 9.47 Å². The number of aryl methyl sites for hydroxylation is 1. The second kappa shape index (κ2) is 8.97. The predicted molar refractivity (Wildman–Crippen MR) is 135 cm³/mol. The van der Waals surface area contributed by atoms with Crippen LogP contribution in [0, 0.1) is 12.7 Å². The minimum Gasteiger partial charge on any atom is -0.491 e. The molecule has 2 atom stereocenters. The fraction of sp³-hybridized carbons (Fsp3) is 0.375. The third kappa shape index (κ3) is 4.14. The van der Waals surface area contributed by atoms with E-state index in [1.165, 1.54) is 22.8 Å². The molecule has 11 heteroatoms. The lowest BCUT2D eigenvalue weighted by Crippen LogP contribution is -2.54. The molecule has 1 fully saturated rings. The molecule has 3 aromatic heterocycles. The summed E-state index contributed by atoms with van der Waals surface area (Å²) in [5.41, 5.74) is 2.90. The highest BCUT2D eigenvalue weighted by Gasteiger charge is 2.26. The van der Waals surface area contributed by atoms with Gasteiger partial charge in [0.1, 0.15) is 11.2 Å². The summed E-state index contributed by atoms with van der Waals surface area (Å²) in [7, 11) is 2.91. The first-order valence-corrected chi connectivity index (χ1v) is 12.1. The van der Waals surface area contributed by atoms with Crippen LogP contribution in [0.1, 0.15) is 29.9 Å². The maximum atomic E-state index is 15.0. The number of anilines is 2. The number of benzene rings is 1. The molecule has 0 radical (unpaired) electrons. The Kier molecular flexibility index (Phi) is 5.97. The van der Waals surface area contributed by atoms with Gasteiger partial charge in [0.25, 0.3) is 11.1 Å². The van der Waals surface area contributed by atoms with Gasteiger partial charge in [-0.1, -0.05) is 11.3 Å². The highest BCUT2D eigenvalue weighted by atomic mass is 32.1. The van der Waals surface area contributed by atoms with Crippen LogP contribution in [0.25, 0.3) is 15.9 Å². The molecular weight excluding hydrogens is 471 g/mol. The van der Waals surface area contributed by atoms with E-state index >= 15 is 4.39 Å². The minimum atomic E-state index is -0.642. The number of hydrogen-bond acceptors (Lipinski definition) is 8. The maximum Gasteiger partial charge on any atom is 0.274 e. The van der Waals surface area contributed by atoms with Crippen molar-refractivity contribution in [2.45, 2.75) is 32.9 Å². The predicted octanol–water partition coefficient (Wildman–Crippen LogP) is 3.85. The van der Waals surface area contributed by atoms with Crippen molar-refractivity contribution < 1.29 is 18.7 Å². The van der Waals surface area contributed by atoms with Crippen LogP contribution in [0.2, 0.25) is 0 Å². The number of ether oxygens (including phenoxy) is 2. The number of nitrogens with zero attached hydrogens (tertiary/aromatic N) is 4. The Morgan fingerprint density at radius 2 is 1.91 bits per heavy atom. The van der Waals surface area contributed by atoms with E-state index in [1.807, 2.05) is 6.07 Å². The molecule has 4 heterocycles. The van der Waals surface area contributed by atoms with Crippen molar-refractivity contribution in [3.63, 3.8) is 0 Å². The van der Waals surface area contributed by atoms with Crippen LogP contribution in [0.4, 0.5) is 15.8 Å². The molecule has 1 aromatic carbocycles. The highest BCUT2D eigenvalue weighted by molar-refractivity contribution is 7.21.